The van der Waals surface area contributed by atoms with E-state index in [1.54, 1.807) is 6.07 Å². The van der Waals surface area contributed by atoms with Gasteiger partial charge in [-0.3, -0.25) is 4.79 Å². The molecule has 0 aromatic carbocycles. The third-order valence-corrected chi connectivity index (χ3v) is 3.01. The van der Waals surface area contributed by atoms with Crippen molar-refractivity contribution in [1.29, 1.82) is 0 Å². The van der Waals surface area contributed by atoms with Gasteiger partial charge in [0.15, 0.2) is 0 Å². The van der Waals surface area contributed by atoms with Gasteiger partial charge in [-0.15, -0.1) is 0 Å². The van der Waals surface area contributed by atoms with E-state index in [-0.39, 0.29) is 5.56 Å². The number of hydrogen-bond acceptors (Lipinski definition) is 1. The Morgan fingerprint density at radius 2 is 2.17 bits per heavy atom. The Labute approximate surface area is 79.3 Å². The van der Waals surface area contributed by atoms with Gasteiger partial charge in [0.1, 0.15) is 0 Å². The number of hydrogen-bond donors (Lipinski definition) is 0. The van der Waals surface area contributed by atoms with E-state index in [0.717, 1.165) is 29.6 Å². The zero-order valence-corrected chi connectivity index (χ0v) is 8.30. The first kappa shape index (κ1) is 8.05. The number of rotatable bonds is 0. The summed E-state index contributed by atoms with van der Waals surface area (Å²) in [5.41, 5.74) is 1.29. The second kappa shape index (κ2) is 3.05. The Morgan fingerprint density at radius 3 is 2.92 bits per heavy atom. The first-order valence-electron chi connectivity index (χ1n) is 4.17. The molecule has 0 fully saturated rings. The smallest absolute Gasteiger partial charge is 0.250 e. The zero-order chi connectivity index (χ0) is 8.55. The van der Waals surface area contributed by atoms with E-state index in [2.05, 4.69) is 15.9 Å². The SMILES string of the molecule is O=c1ccc(Br)c2n1CCCC2. The first-order valence-corrected chi connectivity index (χ1v) is 4.96. The zero-order valence-electron chi connectivity index (χ0n) is 6.72. The molecule has 2 nitrogen and oxygen atoms in total. The average molecular weight is 228 g/mol. The molecule has 0 amide bonds. The molecule has 12 heavy (non-hydrogen) atoms. The minimum absolute atomic E-state index is 0.132. The van der Waals surface area contributed by atoms with Crippen molar-refractivity contribution >= 4 is 15.9 Å². The summed E-state index contributed by atoms with van der Waals surface area (Å²) in [6.45, 7) is 0.883. The van der Waals surface area contributed by atoms with E-state index in [4.69, 9.17) is 0 Å². The van der Waals surface area contributed by atoms with Gasteiger partial charge in [0.25, 0.3) is 5.56 Å². The lowest BCUT2D eigenvalue weighted by atomic mass is 10.1. The summed E-state index contributed by atoms with van der Waals surface area (Å²) < 4.78 is 2.94. The highest BCUT2D eigenvalue weighted by Crippen LogP contribution is 2.20. The summed E-state index contributed by atoms with van der Waals surface area (Å²) in [5, 5.41) is 0. The minimum Gasteiger partial charge on any atom is -0.312 e. The number of aromatic nitrogens is 1. The Morgan fingerprint density at radius 1 is 1.33 bits per heavy atom. The minimum atomic E-state index is 0.132. The van der Waals surface area contributed by atoms with E-state index >= 15 is 0 Å². The fourth-order valence-electron chi connectivity index (χ4n) is 1.65. The van der Waals surface area contributed by atoms with E-state index < -0.39 is 0 Å². The van der Waals surface area contributed by atoms with Crippen LogP contribution in [0.25, 0.3) is 0 Å². The standard InChI is InChI=1S/C9H10BrNO/c10-7-4-5-9(12)11-6-2-1-3-8(7)11/h4-5H,1-3,6H2. The molecule has 0 saturated carbocycles. The molecule has 0 N–H and O–H groups in total. The largest absolute Gasteiger partial charge is 0.312 e. The van der Waals surface area contributed by atoms with Crippen molar-refractivity contribution < 1.29 is 0 Å². The van der Waals surface area contributed by atoms with Crippen molar-refractivity contribution in [2.75, 3.05) is 0 Å². The van der Waals surface area contributed by atoms with Gasteiger partial charge in [-0.05, 0) is 41.3 Å². The van der Waals surface area contributed by atoms with Crippen LogP contribution in [-0.2, 0) is 13.0 Å². The normalized spacial score (nSPS) is 15.8. The lowest BCUT2D eigenvalue weighted by Crippen LogP contribution is -2.26. The maximum Gasteiger partial charge on any atom is 0.250 e. The van der Waals surface area contributed by atoms with Crippen molar-refractivity contribution in [3.05, 3.63) is 32.7 Å². The molecule has 0 saturated heterocycles. The van der Waals surface area contributed by atoms with Gasteiger partial charge in [0, 0.05) is 22.8 Å². The van der Waals surface area contributed by atoms with E-state index in [0.29, 0.717) is 0 Å². The van der Waals surface area contributed by atoms with Gasteiger partial charge in [-0.2, -0.15) is 0 Å². The molecule has 0 spiro atoms. The van der Waals surface area contributed by atoms with Crippen molar-refractivity contribution in [3.63, 3.8) is 0 Å². The molecule has 1 aliphatic heterocycles. The van der Waals surface area contributed by atoms with Crippen molar-refractivity contribution in [1.82, 2.24) is 4.57 Å². The monoisotopic (exact) mass is 227 g/mol. The van der Waals surface area contributed by atoms with Gasteiger partial charge in [-0.25, -0.2) is 0 Å². The fraction of sp³-hybridized carbons (Fsp3) is 0.444. The molecule has 3 heteroatoms. The second-order valence-electron chi connectivity index (χ2n) is 3.07. The van der Waals surface area contributed by atoms with Gasteiger partial charge >= 0.3 is 0 Å². The molecular weight excluding hydrogens is 218 g/mol. The molecule has 1 aromatic heterocycles. The van der Waals surface area contributed by atoms with Crippen molar-refractivity contribution in [3.8, 4) is 0 Å². The molecule has 0 aliphatic carbocycles. The third kappa shape index (κ3) is 1.22. The fourth-order valence-corrected chi connectivity index (χ4v) is 2.20. The van der Waals surface area contributed by atoms with Crippen LogP contribution in [0, 0.1) is 0 Å². The molecule has 0 radical (unpaired) electrons. The van der Waals surface area contributed by atoms with Gasteiger partial charge in [-0.1, -0.05) is 0 Å². The molecule has 0 bridgehead atoms. The number of pyridine rings is 1. The van der Waals surface area contributed by atoms with Crippen LogP contribution in [0.5, 0.6) is 0 Å². The maximum absolute atomic E-state index is 11.4. The Balaban J connectivity index is 2.64. The Hall–Kier alpha value is -0.570. The van der Waals surface area contributed by atoms with Gasteiger partial charge in [0.2, 0.25) is 0 Å². The van der Waals surface area contributed by atoms with Crippen LogP contribution in [0.2, 0.25) is 0 Å². The predicted octanol–water partition coefficient (Wildman–Crippen LogP) is 1.95. The molecule has 0 atom stereocenters. The second-order valence-corrected chi connectivity index (χ2v) is 3.93. The van der Waals surface area contributed by atoms with Crippen LogP contribution in [0.1, 0.15) is 18.5 Å². The summed E-state index contributed by atoms with van der Waals surface area (Å²) >= 11 is 3.46. The number of nitrogens with zero attached hydrogens (tertiary/aromatic N) is 1. The maximum atomic E-state index is 11.4. The highest BCUT2D eigenvalue weighted by Gasteiger charge is 2.11. The van der Waals surface area contributed by atoms with Crippen LogP contribution in [0.15, 0.2) is 21.4 Å². The highest BCUT2D eigenvalue weighted by molar-refractivity contribution is 9.10. The quantitative estimate of drug-likeness (QED) is 0.665. The highest BCUT2D eigenvalue weighted by atomic mass is 79.9. The predicted molar refractivity (Wildman–Crippen MR) is 51.3 cm³/mol. The Kier molecular flexibility index (Phi) is 2.05. The molecule has 2 heterocycles. The van der Waals surface area contributed by atoms with Crippen LogP contribution in [-0.4, -0.2) is 4.57 Å². The lowest BCUT2D eigenvalue weighted by Gasteiger charge is -2.18. The molecule has 0 unspecified atom stereocenters. The van der Waals surface area contributed by atoms with Gasteiger partial charge in [0.05, 0.1) is 0 Å². The van der Waals surface area contributed by atoms with E-state index in [1.165, 1.54) is 6.42 Å². The molecule has 1 aliphatic rings. The molecule has 1 aromatic rings. The summed E-state index contributed by atoms with van der Waals surface area (Å²) in [6.07, 6.45) is 3.35. The summed E-state index contributed by atoms with van der Waals surface area (Å²) in [6, 6.07) is 3.47. The van der Waals surface area contributed by atoms with Crippen LogP contribution >= 0.6 is 15.9 Å². The van der Waals surface area contributed by atoms with E-state index in [1.807, 2.05) is 10.6 Å². The number of fused-ring (bicyclic) bond motifs is 1. The van der Waals surface area contributed by atoms with Crippen molar-refractivity contribution in [2.24, 2.45) is 0 Å². The molecule has 64 valence electrons. The topological polar surface area (TPSA) is 22.0 Å². The summed E-state index contributed by atoms with van der Waals surface area (Å²) in [4.78, 5) is 11.4. The van der Waals surface area contributed by atoms with Crippen LogP contribution in [0.4, 0.5) is 0 Å². The average Bonchev–Trinajstić information content (AvgIpc) is 2.12. The summed E-state index contributed by atoms with van der Waals surface area (Å²) in [5.74, 6) is 0. The first-order chi connectivity index (χ1) is 5.79. The molecule has 2 rings (SSSR count). The lowest BCUT2D eigenvalue weighted by molar-refractivity contribution is 0.510. The van der Waals surface area contributed by atoms with Crippen LogP contribution < -0.4 is 5.56 Å². The molecular formula is C9H10BrNO. The third-order valence-electron chi connectivity index (χ3n) is 2.29. The van der Waals surface area contributed by atoms with E-state index in [9.17, 15) is 4.79 Å². The van der Waals surface area contributed by atoms with Crippen LogP contribution in [0.3, 0.4) is 0 Å². The van der Waals surface area contributed by atoms with Crippen molar-refractivity contribution in [2.45, 2.75) is 25.8 Å². The summed E-state index contributed by atoms with van der Waals surface area (Å²) in [7, 11) is 0. The Bertz CT molecular complexity index is 356. The number of halogens is 1. The van der Waals surface area contributed by atoms with Gasteiger partial charge < -0.3 is 4.57 Å².